The Morgan fingerprint density at radius 2 is 2.06 bits per heavy atom. The number of hydrogen-bond acceptors (Lipinski definition) is 3. The van der Waals surface area contributed by atoms with Crippen LogP contribution in [0.1, 0.15) is 16.8 Å². The maximum Gasteiger partial charge on any atom is 0.0518 e. The molecule has 3 nitrogen and oxygen atoms in total. The summed E-state index contributed by atoms with van der Waals surface area (Å²) in [5.74, 6) is 1.08. The molecule has 0 amide bonds. The molecule has 0 atom stereocenters. The Bertz CT molecular complexity index is 493. The number of rotatable bonds is 6. The van der Waals surface area contributed by atoms with Crippen LogP contribution in [0.5, 0.6) is 0 Å². The molecule has 4 heteroatoms. The van der Waals surface area contributed by atoms with Gasteiger partial charge >= 0.3 is 0 Å². The van der Waals surface area contributed by atoms with E-state index in [1.165, 1.54) is 16.8 Å². The van der Waals surface area contributed by atoms with Crippen molar-refractivity contribution in [3.8, 4) is 0 Å². The van der Waals surface area contributed by atoms with E-state index in [2.05, 4.69) is 40.9 Å². The van der Waals surface area contributed by atoms with Gasteiger partial charge in [0.2, 0.25) is 0 Å². The van der Waals surface area contributed by atoms with E-state index in [4.69, 9.17) is 0 Å². The lowest BCUT2D eigenvalue weighted by molar-refractivity contribution is 0.626. The van der Waals surface area contributed by atoms with Gasteiger partial charge in [0.25, 0.3) is 0 Å². The Kier molecular flexibility index (Phi) is 4.84. The summed E-state index contributed by atoms with van der Waals surface area (Å²) in [4.78, 5) is 0. The summed E-state index contributed by atoms with van der Waals surface area (Å²) in [6.45, 7) is 1.75. The highest BCUT2D eigenvalue weighted by atomic mass is 32.2. The predicted molar refractivity (Wildman–Crippen MR) is 77.4 cm³/mol. The zero-order valence-electron chi connectivity index (χ0n) is 10.9. The summed E-state index contributed by atoms with van der Waals surface area (Å²) in [6.07, 6.45) is 3.96. The largest absolute Gasteiger partial charge is 0.307 e. The number of aryl methyl sites for hydroxylation is 1. The summed E-state index contributed by atoms with van der Waals surface area (Å²) in [5, 5.41) is 7.60. The predicted octanol–water partition coefficient (Wildman–Crippen LogP) is 2.57. The van der Waals surface area contributed by atoms with Gasteiger partial charge in [0.1, 0.15) is 0 Å². The molecule has 1 N–H and O–H groups in total. The molecular weight excluding hydrogens is 242 g/mol. The molecule has 0 spiro atoms. The van der Waals surface area contributed by atoms with Crippen LogP contribution in [0.25, 0.3) is 0 Å². The molecule has 2 rings (SSSR count). The van der Waals surface area contributed by atoms with Crippen molar-refractivity contribution in [3.05, 3.63) is 53.3 Å². The van der Waals surface area contributed by atoms with Crippen molar-refractivity contribution < 1.29 is 0 Å². The molecule has 0 aliphatic carbocycles. The van der Waals surface area contributed by atoms with Crippen LogP contribution in [-0.4, -0.2) is 16.0 Å². The summed E-state index contributed by atoms with van der Waals surface area (Å²) in [6, 6.07) is 10.8. The Morgan fingerprint density at radius 1 is 1.22 bits per heavy atom. The quantitative estimate of drug-likeness (QED) is 0.867. The number of hydrogen-bond donors (Lipinski definition) is 1. The fraction of sp³-hybridized carbons (Fsp3) is 0.357. The molecule has 0 aliphatic heterocycles. The van der Waals surface area contributed by atoms with Crippen LogP contribution in [0.15, 0.2) is 36.5 Å². The number of aromatic nitrogens is 2. The van der Waals surface area contributed by atoms with E-state index < -0.39 is 0 Å². The number of nitrogens with one attached hydrogen (secondary N) is 1. The number of benzene rings is 1. The first-order valence-corrected chi connectivity index (χ1v) is 7.43. The van der Waals surface area contributed by atoms with Crippen LogP contribution in [0.2, 0.25) is 0 Å². The molecule has 0 unspecified atom stereocenters. The molecule has 0 saturated carbocycles. The van der Waals surface area contributed by atoms with Gasteiger partial charge in [-0.15, -0.1) is 0 Å². The van der Waals surface area contributed by atoms with Crippen molar-refractivity contribution >= 4 is 11.8 Å². The molecule has 0 aliphatic rings. The van der Waals surface area contributed by atoms with Gasteiger partial charge in [-0.25, -0.2) is 0 Å². The highest BCUT2D eigenvalue weighted by Gasteiger charge is 1.99. The third-order valence-electron chi connectivity index (χ3n) is 2.86. The van der Waals surface area contributed by atoms with Gasteiger partial charge in [0.05, 0.1) is 5.69 Å². The highest BCUT2D eigenvalue weighted by Crippen LogP contribution is 2.11. The molecule has 1 aromatic heterocycles. The van der Waals surface area contributed by atoms with E-state index in [-0.39, 0.29) is 0 Å². The summed E-state index contributed by atoms with van der Waals surface area (Å²) in [5.41, 5.74) is 3.93. The maximum absolute atomic E-state index is 4.15. The van der Waals surface area contributed by atoms with Crippen molar-refractivity contribution in [2.24, 2.45) is 7.05 Å². The van der Waals surface area contributed by atoms with Crippen molar-refractivity contribution in [3.63, 3.8) is 0 Å². The standard InChI is InChI=1S/C14H19N3S/c1-17-14(6-7-16-17)10-15-9-12-4-3-5-13(8-12)11-18-2/h3-8,15H,9-11H2,1-2H3. The van der Waals surface area contributed by atoms with Gasteiger partial charge < -0.3 is 5.32 Å². The Balaban J connectivity index is 1.86. The molecule has 0 bridgehead atoms. The van der Waals surface area contributed by atoms with E-state index in [0.717, 1.165) is 18.8 Å². The van der Waals surface area contributed by atoms with Gasteiger partial charge in [-0.05, 0) is 23.4 Å². The Hall–Kier alpha value is -1.26. The molecule has 2 aromatic rings. The average Bonchev–Trinajstić information content (AvgIpc) is 2.76. The van der Waals surface area contributed by atoms with Gasteiger partial charge in [-0.1, -0.05) is 24.3 Å². The monoisotopic (exact) mass is 261 g/mol. The lowest BCUT2D eigenvalue weighted by atomic mass is 10.1. The number of nitrogens with zero attached hydrogens (tertiary/aromatic N) is 2. The van der Waals surface area contributed by atoms with Gasteiger partial charge in [0.15, 0.2) is 0 Å². The van der Waals surface area contributed by atoms with E-state index in [0.29, 0.717) is 0 Å². The molecule has 0 fully saturated rings. The normalized spacial score (nSPS) is 10.8. The van der Waals surface area contributed by atoms with Gasteiger partial charge in [0, 0.05) is 32.1 Å². The van der Waals surface area contributed by atoms with Gasteiger partial charge in [-0.2, -0.15) is 16.9 Å². The molecule has 96 valence electrons. The third-order valence-corrected chi connectivity index (χ3v) is 3.48. The Morgan fingerprint density at radius 3 is 2.78 bits per heavy atom. The zero-order valence-corrected chi connectivity index (χ0v) is 11.7. The second kappa shape index (κ2) is 6.61. The topological polar surface area (TPSA) is 29.9 Å². The van der Waals surface area contributed by atoms with Crippen LogP contribution < -0.4 is 5.32 Å². The summed E-state index contributed by atoms with van der Waals surface area (Å²) in [7, 11) is 1.97. The minimum absolute atomic E-state index is 0.850. The zero-order chi connectivity index (χ0) is 12.8. The van der Waals surface area contributed by atoms with E-state index >= 15 is 0 Å². The number of thioether (sulfide) groups is 1. The smallest absolute Gasteiger partial charge is 0.0518 e. The van der Waals surface area contributed by atoms with Crippen molar-refractivity contribution in [1.29, 1.82) is 0 Å². The molecule has 0 radical (unpaired) electrons. The minimum atomic E-state index is 0.850. The molecule has 1 heterocycles. The third kappa shape index (κ3) is 3.62. The van der Waals surface area contributed by atoms with Crippen LogP contribution in [0.3, 0.4) is 0 Å². The van der Waals surface area contributed by atoms with Crippen molar-refractivity contribution in [1.82, 2.24) is 15.1 Å². The van der Waals surface area contributed by atoms with Crippen molar-refractivity contribution in [2.75, 3.05) is 6.26 Å². The van der Waals surface area contributed by atoms with Crippen LogP contribution >= 0.6 is 11.8 Å². The van der Waals surface area contributed by atoms with Crippen molar-refractivity contribution in [2.45, 2.75) is 18.8 Å². The SMILES string of the molecule is CSCc1cccc(CNCc2ccnn2C)c1. The van der Waals surface area contributed by atoms with Crippen LogP contribution in [-0.2, 0) is 25.9 Å². The summed E-state index contributed by atoms with van der Waals surface area (Å²) >= 11 is 1.86. The van der Waals surface area contributed by atoms with Gasteiger partial charge in [-0.3, -0.25) is 4.68 Å². The molecule has 0 saturated heterocycles. The lowest BCUT2D eigenvalue weighted by Crippen LogP contribution is -2.15. The van der Waals surface area contributed by atoms with Crippen LogP contribution in [0, 0.1) is 0 Å². The van der Waals surface area contributed by atoms with E-state index in [9.17, 15) is 0 Å². The first-order chi connectivity index (χ1) is 8.79. The molecular formula is C14H19N3S. The summed E-state index contributed by atoms with van der Waals surface area (Å²) < 4.78 is 1.90. The first kappa shape index (κ1) is 13.2. The first-order valence-electron chi connectivity index (χ1n) is 6.04. The van der Waals surface area contributed by atoms with E-state index in [1.54, 1.807) is 0 Å². The minimum Gasteiger partial charge on any atom is -0.307 e. The average molecular weight is 261 g/mol. The highest BCUT2D eigenvalue weighted by molar-refractivity contribution is 7.97. The lowest BCUT2D eigenvalue weighted by Gasteiger charge is -2.07. The maximum atomic E-state index is 4.15. The fourth-order valence-electron chi connectivity index (χ4n) is 1.91. The Labute approximate surface area is 113 Å². The second-order valence-electron chi connectivity index (χ2n) is 4.30. The fourth-order valence-corrected chi connectivity index (χ4v) is 2.42. The van der Waals surface area contributed by atoms with Crippen LogP contribution in [0.4, 0.5) is 0 Å². The molecule has 1 aromatic carbocycles. The molecule has 18 heavy (non-hydrogen) atoms. The second-order valence-corrected chi connectivity index (χ2v) is 5.17. The van der Waals surface area contributed by atoms with E-state index in [1.807, 2.05) is 35.8 Å².